The van der Waals surface area contributed by atoms with E-state index in [2.05, 4.69) is 23.2 Å². The van der Waals surface area contributed by atoms with Gasteiger partial charge in [0.1, 0.15) is 0 Å². The second kappa shape index (κ2) is 4.90. The van der Waals surface area contributed by atoms with E-state index in [-0.39, 0.29) is 0 Å². The number of rotatable bonds is 2. The summed E-state index contributed by atoms with van der Waals surface area (Å²) in [6.07, 6.45) is 2.57. The molecule has 2 nitrogen and oxygen atoms in total. The van der Waals surface area contributed by atoms with Crippen molar-refractivity contribution in [2.75, 3.05) is 5.73 Å². The van der Waals surface area contributed by atoms with Crippen molar-refractivity contribution in [3.8, 4) is 0 Å². The van der Waals surface area contributed by atoms with Crippen LogP contribution in [-0.4, -0.2) is 4.98 Å². The number of anilines is 1. The van der Waals surface area contributed by atoms with Crippen molar-refractivity contribution in [2.24, 2.45) is 0 Å². The third-order valence-corrected chi connectivity index (χ3v) is 3.37. The normalized spacial score (nSPS) is 10.8. The molecule has 0 saturated heterocycles. The van der Waals surface area contributed by atoms with Crippen LogP contribution in [0.25, 0.3) is 10.9 Å². The first kappa shape index (κ1) is 12.0. The first-order valence-electron chi connectivity index (χ1n) is 6.10. The van der Waals surface area contributed by atoms with Gasteiger partial charge in [-0.15, -0.1) is 0 Å². The number of benzene rings is 2. The van der Waals surface area contributed by atoms with Crippen LogP contribution in [0.4, 0.5) is 5.69 Å². The van der Waals surface area contributed by atoms with Gasteiger partial charge in [-0.05, 0) is 47.9 Å². The third kappa shape index (κ3) is 2.54. The molecular formula is C16H13ClN2. The van der Waals surface area contributed by atoms with E-state index in [0.717, 1.165) is 28.0 Å². The zero-order valence-electron chi connectivity index (χ0n) is 10.3. The number of hydrogen-bond donors (Lipinski definition) is 1. The van der Waals surface area contributed by atoms with Gasteiger partial charge in [0.05, 0.1) is 5.52 Å². The Morgan fingerprint density at radius 2 is 1.84 bits per heavy atom. The third-order valence-electron chi connectivity index (χ3n) is 3.14. The maximum atomic E-state index is 6.00. The topological polar surface area (TPSA) is 38.9 Å². The number of aromatic nitrogens is 1. The smallest absolute Gasteiger partial charge is 0.0722 e. The predicted octanol–water partition coefficient (Wildman–Crippen LogP) is 4.06. The maximum absolute atomic E-state index is 6.00. The van der Waals surface area contributed by atoms with Crippen LogP contribution >= 0.6 is 11.6 Å². The molecule has 0 aliphatic carbocycles. The second-order valence-electron chi connectivity index (χ2n) is 4.56. The Morgan fingerprint density at radius 3 is 2.68 bits per heavy atom. The van der Waals surface area contributed by atoms with Crippen LogP contribution < -0.4 is 5.73 Å². The lowest BCUT2D eigenvalue weighted by atomic mass is 10.0. The minimum atomic E-state index is 0.762. The molecule has 0 aliphatic heterocycles. The fourth-order valence-corrected chi connectivity index (χ4v) is 2.42. The van der Waals surface area contributed by atoms with Gasteiger partial charge in [0.25, 0.3) is 0 Å². The molecule has 1 aromatic heterocycles. The van der Waals surface area contributed by atoms with E-state index >= 15 is 0 Å². The van der Waals surface area contributed by atoms with E-state index in [0.29, 0.717) is 0 Å². The van der Waals surface area contributed by atoms with Gasteiger partial charge in [0, 0.05) is 22.3 Å². The average molecular weight is 269 g/mol. The van der Waals surface area contributed by atoms with Crippen LogP contribution in [0.15, 0.2) is 54.7 Å². The van der Waals surface area contributed by atoms with Gasteiger partial charge in [-0.2, -0.15) is 0 Å². The minimum absolute atomic E-state index is 0.762. The summed E-state index contributed by atoms with van der Waals surface area (Å²) >= 11 is 6.00. The molecule has 0 spiro atoms. The molecule has 94 valence electrons. The van der Waals surface area contributed by atoms with Crippen LogP contribution in [0.3, 0.4) is 0 Å². The zero-order chi connectivity index (χ0) is 13.2. The van der Waals surface area contributed by atoms with Crippen molar-refractivity contribution in [2.45, 2.75) is 6.42 Å². The molecule has 0 radical (unpaired) electrons. The van der Waals surface area contributed by atoms with Crippen molar-refractivity contribution in [1.29, 1.82) is 0 Å². The Labute approximate surface area is 116 Å². The molecule has 0 atom stereocenters. The number of nitrogens with zero attached hydrogens (tertiary/aromatic N) is 1. The summed E-state index contributed by atoms with van der Waals surface area (Å²) in [5, 5.41) is 1.77. The molecule has 0 saturated carbocycles. The second-order valence-corrected chi connectivity index (χ2v) is 4.99. The molecule has 3 aromatic rings. The van der Waals surface area contributed by atoms with Crippen LogP contribution in [0.1, 0.15) is 11.1 Å². The van der Waals surface area contributed by atoms with E-state index in [9.17, 15) is 0 Å². The number of hydrogen-bond acceptors (Lipinski definition) is 2. The number of halogens is 1. The van der Waals surface area contributed by atoms with Gasteiger partial charge in [-0.1, -0.05) is 29.8 Å². The van der Waals surface area contributed by atoms with E-state index in [1.165, 1.54) is 11.1 Å². The Balaban J connectivity index is 2.00. The van der Waals surface area contributed by atoms with Gasteiger partial charge >= 0.3 is 0 Å². The molecule has 0 unspecified atom stereocenters. The minimum Gasteiger partial charge on any atom is -0.398 e. The molecule has 0 bridgehead atoms. The number of pyridine rings is 1. The quantitative estimate of drug-likeness (QED) is 0.761. The highest BCUT2D eigenvalue weighted by molar-refractivity contribution is 6.30. The molecule has 0 amide bonds. The molecule has 3 heteroatoms. The Morgan fingerprint density at radius 1 is 1.00 bits per heavy atom. The molecule has 2 N–H and O–H groups in total. The highest BCUT2D eigenvalue weighted by atomic mass is 35.5. The lowest BCUT2D eigenvalue weighted by Gasteiger charge is -2.06. The van der Waals surface area contributed by atoms with Crippen molar-refractivity contribution < 1.29 is 0 Å². The Hall–Kier alpha value is -2.06. The van der Waals surface area contributed by atoms with Crippen LogP contribution in [0, 0.1) is 0 Å². The first-order valence-corrected chi connectivity index (χ1v) is 6.48. The van der Waals surface area contributed by atoms with Crippen molar-refractivity contribution >= 4 is 28.2 Å². The average Bonchev–Trinajstić information content (AvgIpc) is 2.40. The molecule has 1 heterocycles. The molecule has 0 fully saturated rings. The van der Waals surface area contributed by atoms with Gasteiger partial charge in [-0.25, -0.2) is 0 Å². The maximum Gasteiger partial charge on any atom is 0.0722 e. The van der Waals surface area contributed by atoms with Crippen LogP contribution in [0.2, 0.25) is 5.02 Å². The fourth-order valence-electron chi connectivity index (χ4n) is 2.21. The molecular weight excluding hydrogens is 256 g/mol. The van der Waals surface area contributed by atoms with Gasteiger partial charge in [-0.3, -0.25) is 4.98 Å². The summed E-state index contributed by atoms with van der Waals surface area (Å²) in [7, 11) is 0. The van der Waals surface area contributed by atoms with Gasteiger partial charge < -0.3 is 5.73 Å². The van der Waals surface area contributed by atoms with E-state index in [4.69, 9.17) is 17.3 Å². The molecule has 0 aliphatic rings. The number of nitrogens with two attached hydrogens (primary N) is 1. The first-order chi connectivity index (χ1) is 9.22. The predicted molar refractivity (Wildman–Crippen MR) is 80.4 cm³/mol. The van der Waals surface area contributed by atoms with Crippen molar-refractivity contribution in [1.82, 2.24) is 4.98 Å². The summed E-state index contributed by atoms with van der Waals surface area (Å²) in [4.78, 5) is 4.30. The highest BCUT2D eigenvalue weighted by Gasteiger charge is 2.02. The van der Waals surface area contributed by atoms with Crippen molar-refractivity contribution in [3.05, 3.63) is 70.9 Å². The lowest BCUT2D eigenvalue weighted by molar-refractivity contribution is 1.20. The largest absolute Gasteiger partial charge is 0.398 e. The Kier molecular flexibility index (Phi) is 3.10. The summed E-state index contributed by atoms with van der Waals surface area (Å²) in [6.45, 7) is 0. The number of nitrogen functional groups attached to an aromatic ring is 1. The van der Waals surface area contributed by atoms with E-state index in [1.807, 2.05) is 30.3 Å². The van der Waals surface area contributed by atoms with Crippen LogP contribution in [0.5, 0.6) is 0 Å². The summed E-state index contributed by atoms with van der Waals surface area (Å²) in [5.41, 5.74) is 10.1. The highest BCUT2D eigenvalue weighted by Crippen LogP contribution is 2.22. The lowest BCUT2D eigenvalue weighted by Crippen LogP contribution is -1.92. The van der Waals surface area contributed by atoms with E-state index in [1.54, 1.807) is 6.20 Å². The Bertz CT molecular complexity index is 738. The molecule has 2 aromatic carbocycles. The summed E-state index contributed by atoms with van der Waals surface area (Å²) in [6, 6.07) is 15.9. The zero-order valence-corrected chi connectivity index (χ0v) is 11.1. The fraction of sp³-hybridized carbons (Fsp3) is 0.0625. The number of fused-ring (bicyclic) bond motifs is 1. The molecule has 19 heavy (non-hydrogen) atoms. The van der Waals surface area contributed by atoms with Gasteiger partial charge in [0.2, 0.25) is 0 Å². The van der Waals surface area contributed by atoms with Gasteiger partial charge in [0.15, 0.2) is 0 Å². The summed E-state index contributed by atoms with van der Waals surface area (Å²) in [5.74, 6) is 0. The monoisotopic (exact) mass is 268 g/mol. The SMILES string of the molecule is Nc1ccnc2ccc(Cc3cccc(Cl)c3)cc12. The standard InChI is InChI=1S/C16H13ClN2/c17-13-3-1-2-11(9-13)8-12-4-5-16-14(10-12)15(18)6-7-19-16/h1-7,9-10H,8H2,(H2,18,19). The van der Waals surface area contributed by atoms with Crippen LogP contribution in [-0.2, 0) is 6.42 Å². The van der Waals surface area contributed by atoms with E-state index < -0.39 is 0 Å². The molecule has 3 rings (SSSR count). The summed E-state index contributed by atoms with van der Waals surface area (Å²) < 4.78 is 0. The van der Waals surface area contributed by atoms with Crippen molar-refractivity contribution in [3.63, 3.8) is 0 Å².